The fraction of sp³-hybridized carbons (Fsp3) is 0.429. The average molecular weight is 281 g/mol. The second-order valence-electron chi connectivity index (χ2n) is 5.49. The molecule has 0 aliphatic carbocycles. The first-order chi connectivity index (χ1) is 8.76. The first-order valence-electron chi connectivity index (χ1n) is 6.03. The monoisotopic (exact) mass is 281 g/mol. The number of thiophene rings is 1. The SMILES string of the molecule is CC(C)(C)CC(=O)NCc1ccc(C=CC(=O)O)s1. The third-order valence-electron chi connectivity index (χ3n) is 2.22. The van der Waals surface area contributed by atoms with Crippen LogP contribution in [0.2, 0.25) is 0 Å². The number of rotatable bonds is 5. The summed E-state index contributed by atoms with van der Waals surface area (Å²) >= 11 is 1.47. The Bertz CT molecular complexity index is 483. The van der Waals surface area contributed by atoms with E-state index in [0.29, 0.717) is 13.0 Å². The Hall–Kier alpha value is -1.62. The number of hydrogen-bond donors (Lipinski definition) is 2. The molecule has 4 nitrogen and oxygen atoms in total. The van der Waals surface area contributed by atoms with Crippen LogP contribution in [0.15, 0.2) is 18.2 Å². The summed E-state index contributed by atoms with van der Waals surface area (Å²) in [6.45, 7) is 6.55. The van der Waals surface area contributed by atoms with Crippen molar-refractivity contribution in [2.75, 3.05) is 0 Å². The van der Waals surface area contributed by atoms with Crippen LogP contribution in [-0.4, -0.2) is 17.0 Å². The van der Waals surface area contributed by atoms with Gasteiger partial charge in [0.2, 0.25) is 5.91 Å². The number of amides is 1. The summed E-state index contributed by atoms with van der Waals surface area (Å²) in [5, 5.41) is 11.4. The highest BCUT2D eigenvalue weighted by Crippen LogP contribution is 2.20. The maximum Gasteiger partial charge on any atom is 0.328 e. The average Bonchev–Trinajstić information content (AvgIpc) is 2.69. The molecule has 1 aromatic rings. The highest BCUT2D eigenvalue weighted by molar-refractivity contribution is 7.12. The van der Waals surface area contributed by atoms with Gasteiger partial charge in [0.15, 0.2) is 0 Å². The van der Waals surface area contributed by atoms with Crippen LogP contribution in [0, 0.1) is 5.41 Å². The number of carbonyl (C=O) groups is 2. The zero-order chi connectivity index (χ0) is 14.5. The first-order valence-corrected chi connectivity index (χ1v) is 6.84. The molecular weight excluding hydrogens is 262 g/mol. The van der Waals surface area contributed by atoms with Gasteiger partial charge in [-0.05, 0) is 23.6 Å². The third-order valence-corrected chi connectivity index (χ3v) is 3.27. The van der Waals surface area contributed by atoms with E-state index in [-0.39, 0.29) is 11.3 Å². The second-order valence-corrected chi connectivity index (χ2v) is 6.69. The summed E-state index contributed by atoms with van der Waals surface area (Å²) in [5.74, 6) is -0.933. The number of carboxylic acid groups (broad SMARTS) is 1. The zero-order valence-corrected chi connectivity index (χ0v) is 12.2. The summed E-state index contributed by atoms with van der Waals surface area (Å²) < 4.78 is 0. The Labute approximate surface area is 117 Å². The molecule has 0 aliphatic rings. The standard InChI is InChI=1S/C14H19NO3S/c1-14(2,3)8-12(16)15-9-11-5-4-10(19-11)6-7-13(17)18/h4-7H,8-9H2,1-3H3,(H,15,16)(H,17,18). The van der Waals surface area contributed by atoms with Crippen molar-refractivity contribution < 1.29 is 14.7 Å². The van der Waals surface area contributed by atoms with Crippen molar-refractivity contribution in [1.82, 2.24) is 5.32 Å². The molecule has 1 rings (SSSR count). The summed E-state index contributed by atoms with van der Waals surface area (Å²) in [7, 11) is 0. The predicted molar refractivity (Wildman–Crippen MR) is 76.9 cm³/mol. The number of aliphatic carboxylic acids is 1. The minimum absolute atomic E-state index is 0.0189. The molecule has 0 saturated carbocycles. The lowest BCUT2D eigenvalue weighted by Gasteiger charge is -2.16. The number of carboxylic acids is 1. The van der Waals surface area contributed by atoms with E-state index in [1.54, 1.807) is 6.08 Å². The number of nitrogens with one attached hydrogen (secondary N) is 1. The molecule has 0 spiro atoms. The van der Waals surface area contributed by atoms with Crippen molar-refractivity contribution >= 4 is 29.3 Å². The molecule has 0 aliphatic heterocycles. The summed E-state index contributed by atoms with van der Waals surface area (Å²) in [5.41, 5.74) is -0.0189. The van der Waals surface area contributed by atoms with Crippen LogP contribution >= 0.6 is 11.3 Å². The summed E-state index contributed by atoms with van der Waals surface area (Å²) in [6.07, 6.45) is 3.14. The van der Waals surface area contributed by atoms with Crippen molar-refractivity contribution in [2.24, 2.45) is 5.41 Å². The molecule has 5 heteroatoms. The van der Waals surface area contributed by atoms with Crippen LogP contribution in [0.4, 0.5) is 0 Å². The van der Waals surface area contributed by atoms with Gasteiger partial charge in [0.05, 0.1) is 6.54 Å². The Kier molecular flexibility index (Phi) is 5.30. The smallest absolute Gasteiger partial charge is 0.328 e. The molecule has 1 heterocycles. The van der Waals surface area contributed by atoms with Gasteiger partial charge in [0.25, 0.3) is 0 Å². The van der Waals surface area contributed by atoms with E-state index in [1.807, 2.05) is 32.9 Å². The molecule has 1 aromatic heterocycles. The molecule has 2 N–H and O–H groups in total. The molecule has 104 valence electrons. The van der Waals surface area contributed by atoms with E-state index >= 15 is 0 Å². The van der Waals surface area contributed by atoms with Gasteiger partial charge in [-0.3, -0.25) is 4.79 Å². The Morgan fingerprint density at radius 2 is 2.05 bits per heavy atom. The van der Waals surface area contributed by atoms with E-state index in [2.05, 4.69) is 5.32 Å². The highest BCUT2D eigenvalue weighted by Gasteiger charge is 2.15. The van der Waals surface area contributed by atoms with Gasteiger partial charge in [0, 0.05) is 22.3 Å². The van der Waals surface area contributed by atoms with Crippen LogP contribution in [0.3, 0.4) is 0 Å². The van der Waals surface area contributed by atoms with Gasteiger partial charge in [-0.1, -0.05) is 20.8 Å². The van der Waals surface area contributed by atoms with E-state index < -0.39 is 5.97 Å². The summed E-state index contributed by atoms with van der Waals surface area (Å²) in [6, 6.07) is 3.74. The van der Waals surface area contributed by atoms with Gasteiger partial charge in [0.1, 0.15) is 0 Å². The molecule has 0 fully saturated rings. The van der Waals surface area contributed by atoms with Crippen LogP contribution in [0.5, 0.6) is 0 Å². The first kappa shape index (κ1) is 15.4. The van der Waals surface area contributed by atoms with E-state index in [1.165, 1.54) is 11.3 Å². The third kappa shape index (κ3) is 6.76. The second kappa shape index (κ2) is 6.52. The van der Waals surface area contributed by atoms with Crippen molar-refractivity contribution in [2.45, 2.75) is 33.7 Å². The summed E-state index contributed by atoms with van der Waals surface area (Å²) in [4.78, 5) is 23.9. The van der Waals surface area contributed by atoms with Gasteiger partial charge in [-0.2, -0.15) is 0 Å². The molecule has 0 aromatic carbocycles. The van der Waals surface area contributed by atoms with Crippen molar-refractivity contribution in [3.05, 3.63) is 28.0 Å². The maximum absolute atomic E-state index is 11.7. The van der Waals surface area contributed by atoms with Gasteiger partial charge in [-0.15, -0.1) is 11.3 Å². The number of hydrogen-bond acceptors (Lipinski definition) is 3. The minimum Gasteiger partial charge on any atom is -0.478 e. The van der Waals surface area contributed by atoms with Gasteiger partial charge >= 0.3 is 5.97 Å². The maximum atomic E-state index is 11.7. The van der Waals surface area contributed by atoms with Crippen LogP contribution < -0.4 is 5.32 Å². The fourth-order valence-corrected chi connectivity index (χ4v) is 2.32. The largest absolute Gasteiger partial charge is 0.478 e. The minimum atomic E-state index is -0.964. The molecule has 0 bridgehead atoms. The van der Waals surface area contributed by atoms with Crippen molar-refractivity contribution in [3.63, 3.8) is 0 Å². The normalized spacial score (nSPS) is 11.7. The zero-order valence-electron chi connectivity index (χ0n) is 11.4. The van der Waals surface area contributed by atoms with Gasteiger partial charge < -0.3 is 10.4 Å². The van der Waals surface area contributed by atoms with Crippen LogP contribution in [-0.2, 0) is 16.1 Å². The Morgan fingerprint density at radius 1 is 1.37 bits per heavy atom. The van der Waals surface area contributed by atoms with E-state index in [0.717, 1.165) is 15.8 Å². The van der Waals surface area contributed by atoms with Crippen LogP contribution in [0.25, 0.3) is 6.08 Å². The fourth-order valence-electron chi connectivity index (χ4n) is 1.46. The molecule has 1 amide bonds. The quantitative estimate of drug-likeness (QED) is 0.816. The van der Waals surface area contributed by atoms with Crippen molar-refractivity contribution in [1.29, 1.82) is 0 Å². The molecule has 0 radical (unpaired) electrons. The van der Waals surface area contributed by atoms with Crippen LogP contribution in [0.1, 0.15) is 36.9 Å². The number of carbonyl (C=O) groups excluding carboxylic acids is 1. The molecule has 0 saturated heterocycles. The molecule has 0 unspecified atom stereocenters. The van der Waals surface area contributed by atoms with E-state index in [9.17, 15) is 9.59 Å². The Balaban J connectivity index is 2.46. The highest BCUT2D eigenvalue weighted by atomic mass is 32.1. The topological polar surface area (TPSA) is 66.4 Å². The molecule has 19 heavy (non-hydrogen) atoms. The lowest BCUT2D eigenvalue weighted by molar-refractivity contribution is -0.131. The lowest BCUT2D eigenvalue weighted by Crippen LogP contribution is -2.26. The van der Waals surface area contributed by atoms with E-state index in [4.69, 9.17) is 5.11 Å². The lowest BCUT2D eigenvalue weighted by atomic mass is 9.92. The van der Waals surface area contributed by atoms with Crippen molar-refractivity contribution in [3.8, 4) is 0 Å². The molecule has 0 atom stereocenters. The Morgan fingerprint density at radius 3 is 2.63 bits per heavy atom. The molecular formula is C14H19NO3S. The predicted octanol–water partition coefficient (Wildman–Crippen LogP) is 2.90. The van der Waals surface area contributed by atoms with Gasteiger partial charge in [-0.25, -0.2) is 4.79 Å².